The molecule has 0 radical (unpaired) electrons. The molecule has 7 nitrogen and oxygen atoms in total. The van der Waals surface area contributed by atoms with Gasteiger partial charge in [0.2, 0.25) is 5.91 Å². The van der Waals surface area contributed by atoms with Gasteiger partial charge >= 0.3 is 0 Å². The van der Waals surface area contributed by atoms with Gasteiger partial charge in [-0.2, -0.15) is 5.10 Å². The Bertz CT molecular complexity index is 1520. The maximum Gasteiger partial charge on any atom is 0.264 e. The molecule has 0 saturated carbocycles. The predicted octanol–water partition coefficient (Wildman–Crippen LogP) is 5.38. The predicted molar refractivity (Wildman–Crippen MR) is 152 cm³/mol. The number of rotatable bonds is 9. The number of fused-ring (bicyclic) bond motifs is 1. The average Bonchev–Trinajstić information content (AvgIpc) is 3.27. The molecular formula is C30H36N4O3S. The second-order valence-corrected chi connectivity index (χ2v) is 12.3. The lowest BCUT2D eigenvalue weighted by molar-refractivity contribution is -0.118. The van der Waals surface area contributed by atoms with Crippen molar-refractivity contribution in [3.8, 4) is 5.69 Å². The summed E-state index contributed by atoms with van der Waals surface area (Å²) >= 11 is 0. The first-order valence-corrected chi connectivity index (χ1v) is 14.3. The minimum atomic E-state index is -3.99. The summed E-state index contributed by atoms with van der Waals surface area (Å²) in [5.74, 6) is -0.306. The molecule has 38 heavy (non-hydrogen) atoms. The minimum Gasteiger partial charge on any atom is -0.305 e. The van der Waals surface area contributed by atoms with Crippen LogP contribution in [0.4, 0.5) is 0 Å². The zero-order valence-electron chi connectivity index (χ0n) is 22.9. The molecule has 1 N–H and O–H groups in total. The lowest BCUT2D eigenvalue weighted by Crippen LogP contribution is -2.32. The highest BCUT2D eigenvalue weighted by atomic mass is 32.2. The second-order valence-electron chi connectivity index (χ2n) is 10.6. The molecule has 0 saturated heterocycles. The van der Waals surface area contributed by atoms with Gasteiger partial charge in [-0.25, -0.2) is 17.8 Å². The molecule has 0 atom stereocenters. The molecule has 8 heteroatoms. The van der Waals surface area contributed by atoms with Crippen LogP contribution in [0, 0.1) is 0 Å². The summed E-state index contributed by atoms with van der Waals surface area (Å²) in [4.78, 5) is 15.2. The van der Waals surface area contributed by atoms with Gasteiger partial charge < -0.3 is 4.90 Å². The summed E-state index contributed by atoms with van der Waals surface area (Å²) in [5, 5.41) is 5.67. The van der Waals surface area contributed by atoms with E-state index in [0.29, 0.717) is 6.54 Å². The Balaban J connectivity index is 1.65. The number of sulfonamides is 1. The van der Waals surface area contributed by atoms with Crippen molar-refractivity contribution in [1.82, 2.24) is 19.4 Å². The molecule has 0 bridgehead atoms. The molecule has 0 fully saturated rings. The fraction of sp³-hybridized carbons (Fsp3) is 0.333. The number of carbonyl (C=O) groups excluding carboxylic acids is 1. The molecule has 200 valence electrons. The molecule has 4 rings (SSSR count). The summed E-state index contributed by atoms with van der Waals surface area (Å²) < 4.78 is 30.2. The van der Waals surface area contributed by atoms with Crippen LogP contribution in [-0.4, -0.2) is 43.1 Å². The number of carbonyl (C=O) groups is 1. The number of amides is 1. The lowest BCUT2D eigenvalue weighted by atomic mass is 9.86. The molecular weight excluding hydrogens is 496 g/mol. The van der Waals surface area contributed by atoms with Gasteiger partial charge in [-0.1, -0.05) is 58.0 Å². The van der Waals surface area contributed by atoms with Crippen molar-refractivity contribution in [2.75, 3.05) is 14.1 Å². The van der Waals surface area contributed by atoms with Crippen LogP contribution >= 0.6 is 0 Å². The van der Waals surface area contributed by atoms with Gasteiger partial charge in [0.1, 0.15) is 0 Å². The maximum atomic E-state index is 13.1. The van der Waals surface area contributed by atoms with E-state index in [1.54, 1.807) is 12.1 Å². The van der Waals surface area contributed by atoms with E-state index in [2.05, 4.69) is 49.6 Å². The van der Waals surface area contributed by atoms with E-state index in [1.165, 1.54) is 12.1 Å². The van der Waals surface area contributed by atoms with Crippen molar-refractivity contribution >= 4 is 26.8 Å². The quantitative estimate of drug-likeness (QED) is 0.313. The van der Waals surface area contributed by atoms with E-state index < -0.39 is 15.9 Å². The third-order valence-corrected chi connectivity index (χ3v) is 7.98. The fourth-order valence-electron chi connectivity index (χ4n) is 4.78. The van der Waals surface area contributed by atoms with E-state index in [4.69, 9.17) is 0 Å². The molecule has 1 amide bonds. The fourth-order valence-corrected chi connectivity index (χ4v) is 5.76. The zero-order chi connectivity index (χ0) is 27.6. The van der Waals surface area contributed by atoms with Crippen LogP contribution in [0.5, 0.6) is 0 Å². The number of nitrogens with zero attached hydrogens (tertiary/aromatic N) is 3. The molecule has 0 aliphatic carbocycles. The number of para-hydroxylation sites is 1. The number of hydrogen-bond donors (Lipinski definition) is 1. The van der Waals surface area contributed by atoms with Gasteiger partial charge in [-0.15, -0.1) is 0 Å². The van der Waals surface area contributed by atoms with Gasteiger partial charge in [0.25, 0.3) is 10.0 Å². The van der Waals surface area contributed by atoms with E-state index >= 15 is 0 Å². The van der Waals surface area contributed by atoms with Crippen molar-refractivity contribution in [2.45, 2.75) is 57.4 Å². The largest absolute Gasteiger partial charge is 0.305 e. The van der Waals surface area contributed by atoms with E-state index in [1.807, 2.05) is 54.1 Å². The van der Waals surface area contributed by atoms with Crippen molar-refractivity contribution in [2.24, 2.45) is 0 Å². The van der Waals surface area contributed by atoms with Gasteiger partial charge in [-0.05, 0) is 78.5 Å². The van der Waals surface area contributed by atoms with Crippen LogP contribution < -0.4 is 4.72 Å². The SMILES string of the molecule is CC(C)c1cc(-n2ncc3ccccc32)cc(C(C)C)c1CC(=O)NS(=O)(=O)c1ccc(CN(C)C)cc1. The van der Waals surface area contributed by atoms with E-state index in [-0.39, 0.29) is 23.2 Å². The number of aromatic nitrogens is 2. The molecule has 1 heterocycles. The van der Waals surface area contributed by atoms with Gasteiger partial charge in [-0.3, -0.25) is 4.79 Å². The third-order valence-electron chi connectivity index (χ3n) is 6.59. The first kappa shape index (κ1) is 27.5. The number of hydrogen-bond acceptors (Lipinski definition) is 5. The topological polar surface area (TPSA) is 84.3 Å². The second kappa shape index (κ2) is 11.1. The Kier molecular flexibility index (Phi) is 8.04. The molecule has 0 spiro atoms. The van der Waals surface area contributed by atoms with Crippen molar-refractivity contribution in [3.05, 3.63) is 89.1 Å². The normalized spacial score (nSPS) is 12.1. The van der Waals surface area contributed by atoms with Crippen LogP contribution in [0.3, 0.4) is 0 Å². The Hall–Kier alpha value is -3.49. The highest BCUT2D eigenvalue weighted by Crippen LogP contribution is 2.32. The van der Waals surface area contributed by atoms with Crippen LogP contribution in [0.1, 0.15) is 61.8 Å². The minimum absolute atomic E-state index is 0.0287. The first-order chi connectivity index (χ1) is 18.0. The summed E-state index contributed by atoms with van der Waals surface area (Å²) in [6.07, 6.45) is 1.82. The Labute approximate surface area is 225 Å². The molecule has 0 unspecified atom stereocenters. The number of nitrogens with one attached hydrogen (secondary N) is 1. The van der Waals surface area contributed by atoms with E-state index in [9.17, 15) is 13.2 Å². The van der Waals surface area contributed by atoms with Gasteiger partial charge in [0, 0.05) is 11.9 Å². The van der Waals surface area contributed by atoms with Crippen LogP contribution in [0.25, 0.3) is 16.6 Å². The Morgan fingerprint density at radius 2 is 1.55 bits per heavy atom. The smallest absolute Gasteiger partial charge is 0.264 e. The zero-order valence-corrected chi connectivity index (χ0v) is 23.7. The standard InChI is InChI=1S/C30H36N4O3S/c1-20(2)26-15-24(34-29-10-8-7-9-23(29)18-31-34)16-27(21(3)4)28(26)17-30(35)32-38(36,37)25-13-11-22(12-14-25)19-33(5)6/h7-16,18,20-21H,17,19H2,1-6H3,(H,32,35). The number of benzene rings is 3. The van der Waals surface area contributed by atoms with Crippen LogP contribution in [-0.2, 0) is 27.8 Å². The van der Waals surface area contributed by atoms with E-state index in [0.717, 1.165) is 38.8 Å². The molecule has 4 aromatic rings. The van der Waals surface area contributed by atoms with Crippen molar-refractivity contribution in [3.63, 3.8) is 0 Å². The lowest BCUT2D eigenvalue weighted by Gasteiger charge is -2.22. The Morgan fingerprint density at radius 1 is 0.947 bits per heavy atom. The summed E-state index contributed by atoms with van der Waals surface area (Å²) in [6.45, 7) is 9.03. The maximum absolute atomic E-state index is 13.1. The summed E-state index contributed by atoms with van der Waals surface area (Å²) in [7, 11) is -0.0864. The Morgan fingerprint density at radius 3 is 2.13 bits per heavy atom. The molecule has 1 aromatic heterocycles. The van der Waals surface area contributed by atoms with Crippen molar-refractivity contribution < 1.29 is 13.2 Å². The van der Waals surface area contributed by atoms with Gasteiger partial charge in [0.05, 0.1) is 28.7 Å². The molecule has 0 aliphatic rings. The molecule has 3 aromatic carbocycles. The molecule has 0 aliphatic heterocycles. The van der Waals surface area contributed by atoms with Gasteiger partial charge in [0.15, 0.2) is 0 Å². The monoisotopic (exact) mass is 532 g/mol. The highest BCUT2D eigenvalue weighted by molar-refractivity contribution is 7.90. The third kappa shape index (κ3) is 5.97. The highest BCUT2D eigenvalue weighted by Gasteiger charge is 2.23. The average molecular weight is 533 g/mol. The summed E-state index contributed by atoms with van der Waals surface area (Å²) in [5.41, 5.74) is 5.80. The van der Waals surface area contributed by atoms with Crippen LogP contribution in [0.15, 0.2) is 71.8 Å². The summed E-state index contributed by atoms with van der Waals surface area (Å²) in [6, 6.07) is 18.8. The van der Waals surface area contributed by atoms with Crippen LogP contribution in [0.2, 0.25) is 0 Å². The van der Waals surface area contributed by atoms with Crippen molar-refractivity contribution in [1.29, 1.82) is 0 Å². The first-order valence-electron chi connectivity index (χ1n) is 12.9.